The highest BCUT2D eigenvalue weighted by Gasteiger charge is 2.42. The first kappa shape index (κ1) is 19.5. The molecule has 3 aliphatic carbocycles. The van der Waals surface area contributed by atoms with E-state index in [0.29, 0.717) is 18.4 Å². The quantitative estimate of drug-likeness (QED) is 0.664. The van der Waals surface area contributed by atoms with Gasteiger partial charge in [-0.25, -0.2) is 4.39 Å². The van der Waals surface area contributed by atoms with Crippen molar-refractivity contribution in [3.8, 4) is 0 Å². The van der Waals surface area contributed by atoms with Gasteiger partial charge in [0.05, 0.1) is 12.1 Å². The maximum absolute atomic E-state index is 13.7. The van der Waals surface area contributed by atoms with Gasteiger partial charge in [-0.15, -0.1) is 0 Å². The van der Waals surface area contributed by atoms with Gasteiger partial charge >= 0.3 is 0 Å². The number of halogens is 1. The van der Waals surface area contributed by atoms with Gasteiger partial charge in [0.15, 0.2) is 0 Å². The zero-order valence-electron chi connectivity index (χ0n) is 17.0. The highest BCUT2D eigenvalue weighted by Crippen LogP contribution is 2.55. The van der Waals surface area contributed by atoms with Crippen LogP contribution in [0.5, 0.6) is 0 Å². The van der Waals surface area contributed by atoms with Crippen molar-refractivity contribution in [1.29, 1.82) is 0 Å². The summed E-state index contributed by atoms with van der Waals surface area (Å²) in [5.41, 5.74) is 5.43. The van der Waals surface area contributed by atoms with Crippen LogP contribution in [0, 0.1) is 11.7 Å². The van der Waals surface area contributed by atoms with Crippen LogP contribution in [-0.4, -0.2) is 24.9 Å². The molecule has 4 nitrogen and oxygen atoms in total. The molecule has 0 saturated carbocycles. The van der Waals surface area contributed by atoms with Crippen LogP contribution in [0.1, 0.15) is 50.9 Å². The molecule has 0 fully saturated rings. The Morgan fingerprint density at radius 1 is 0.806 bits per heavy atom. The van der Waals surface area contributed by atoms with Gasteiger partial charge < -0.3 is 10.6 Å². The Morgan fingerprint density at radius 2 is 1.39 bits per heavy atom. The minimum atomic E-state index is -0.601. The molecule has 5 heteroatoms. The van der Waals surface area contributed by atoms with Gasteiger partial charge in [-0.05, 0) is 46.7 Å². The molecule has 6 rings (SSSR count). The lowest BCUT2D eigenvalue weighted by molar-refractivity contribution is -0.120. The molecule has 3 aliphatic rings. The lowest BCUT2D eigenvalue weighted by Gasteiger charge is -2.45. The number of benzene rings is 3. The Hall–Kier alpha value is -3.47. The van der Waals surface area contributed by atoms with Crippen LogP contribution in [0.4, 0.5) is 4.39 Å². The van der Waals surface area contributed by atoms with Gasteiger partial charge in [0, 0.05) is 18.4 Å². The molecule has 0 aromatic heterocycles. The highest BCUT2D eigenvalue weighted by atomic mass is 19.1. The van der Waals surface area contributed by atoms with Gasteiger partial charge in [-0.2, -0.15) is 0 Å². The molecule has 3 aromatic carbocycles. The summed E-state index contributed by atoms with van der Waals surface area (Å²) in [5.74, 6) is -0.566. The summed E-state index contributed by atoms with van der Waals surface area (Å²) < 4.78 is 13.7. The van der Waals surface area contributed by atoms with E-state index in [0.717, 1.165) is 6.42 Å². The van der Waals surface area contributed by atoms with Gasteiger partial charge in [0.1, 0.15) is 5.82 Å². The van der Waals surface area contributed by atoms with E-state index in [4.69, 9.17) is 0 Å². The zero-order chi connectivity index (χ0) is 21.4. The molecular formula is C26H23FN2O2. The standard InChI is InChI=1S/C26H23FN2O2/c27-23-12-6-5-11-21(23)26(31)29-15-24(30)28-14-16-13-22-17-7-1-3-9-19(17)25(16)20-10-4-2-8-18(20)22/h1-12,16,22,25H,13-15H2,(H,28,30)(H,29,31). The third-order valence-corrected chi connectivity index (χ3v) is 6.51. The summed E-state index contributed by atoms with van der Waals surface area (Å²) in [6.07, 6.45) is 0.987. The van der Waals surface area contributed by atoms with E-state index in [1.165, 1.54) is 40.5 Å². The predicted molar refractivity (Wildman–Crippen MR) is 116 cm³/mol. The number of carbonyl (C=O) groups is 2. The molecule has 1 atom stereocenters. The number of amides is 2. The molecule has 0 heterocycles. The van der Waals surface area contributed by atoms with Crippen LogP contribution in [0.3, 0.4) is 0 Å². The van der Waals surface area contributed by atoms with Crippen LogP contribution in [0.25, 0.3) is 0 Å². The topological polar surface area (TPSA) is 58.2 Å². The first-order valence-corrected chi connectivity index (χ1v) is 10.6. The van der Waals surface area contributed by atoms with Crippen molar-refractivity contribution in [3.05, 3.63) is 106 Å². The van der Waals surface area contributed by atoms with Crippen molar-refractivity contribution in [3.63, 3.8) is 0 Å². The van der Waals surface area contributed by atoms with E-state index < -0.39 is 11.7 Å². The molecule has 156 valence electrons. The van der Waals surface area contributed by atoms with Crippen LogP contribution in [0.2, 0.25) is 0 Å². The Bertz CT molecular complexity index is 1110. The second-order valence-electron chi connectivity index (χ2n) is 8.25. The first-order valence-electron chi connectivity index (χ1n) is 10.6. The van der Waals surface area contributed by atoms with Gasteiger partial charge in [0.25, 0.3) is 5.91 Å². The maximum atomic E-state index is 13.7. The molecule has 1 unspecified atom stereocenters. The van der Waals surface area contributed by atoms with Crippen molar-refractivity contribution in [2.24, 2.45) is 5.92 Å². The lowest BCUT2D eigenvalue weighted by Crippen LogP contribution is -2.42. The molecule has 0 radical (unpaired) electrons. The normalized spacial score (nSPS) is 20.5. The zero-order valence-corrected chi connectivity index (χ0v) is 17.0. The molecule has 2 bridgehead atoms. The minimum absolute atomic E-state index is 0.0619. The summed E-state index contributed by atoms with van der Waals surface area (Å²) in [5, 5.41) is 5.47. The van der Waals surface area contributed by atoms with Crippen molar-refractivity contribution in [2.75, 3.05) is 13.1 Å². The number of fused-ring (bicyclic) bond motifs is 1. The van der Waals surface area contributed by atoms with Crippen molar-refractivity contribution >= 4 is 11.8 Å². The highest BCUT2D eigenvalue weighted by molar-refractivity contribution is 5.96. The molecule has 0 spiro atoms. The van der Waals surface area contributed by atoms with Gasteiger partial charge in [0.2, 0.25) is 5.91 Å². The average molecular weight is 414 g/mol. The predicted octanol–water partition coefficient (Wildman–Crippen LogP) is 3.97. The Balaban J connectivity index is 1.25. The second-order valence-corrected chi connectivity index (χ2v) is 8.25. The monoisotopic (exact) mass is 414 g/mol. The molecule has 2 amide bonds. The summed E-state index contributed by atoms with van der Waals surface area (Å²) in [6.45, 7) is 0.361. The maximum Gasteiger partial charge on any atom is 0.254 e. The summed E-state index contributed by atoms with van der Waals surface area (Å²) >= 11 is 0. The molecular weight excluding hydrogens is 391 g/mol. The van der Waals surface area contributed by atoms with E-state index in [1.54, 1.807) is 6.07 Å². The van der Waals surface area contributed by atoms with E-state index in [2.05, 4.69) is 59.2 Å². The third-order valence-electron chi connectivity index (χ3n) is 6.51. The van der Waals surface area contributed by atoms with Crippen LogP contribution in [-0.2, 0) is 4.79 Å². The summed E-state index contributed by atoms with van der Waals surface area (Å²) in [7, 11) is 0. The van der Waals surface area contributed by atoms with Gasteiger partial charge in [-0.1, -0.05) is 60.7 Å². The smallest absolute Gasteiger partial charge is 0.254 e. The fourth-order valence-electron chi connectivity index (χ4n) is 5.17. The Morgan fingerprint density at radius 3 is 2.03 bits per heavy atom. The summed E-state index contributed by atoms with van der Waals surface area (Å²) in [4.78, 5) is 24.5. The van der Waals surface area contributed by atoms with E-state index in [1.807, 2.05) is 0 Å². The number of nitrogens with one attached hydrogen (secondary N) is 2. The first-order chi connectivity index (χ1) is 15.1. The number of hydrogen-bond acceptors (Lipinski definition) is 2. The largest absolute Gasteiger partial charge is 0.354 e. The van der Waals surface area contributed by atoms with Crippen molar-refractivity contribution in [2.45, 2.75) is 18.3 Å². The molecule has 3 aromatic rings. The Labute approximate surface area is 180 Å². The van der Waals surface area contributed by atoms with Gasteiger partial charge in [-0.3, -0.25) is 9.59 Å². The van der Waals surface area contributed by atoms with Crippen molar-refractivity contribution < 1.29 is 14.0 Å². The van der Waals surface area contributed by atoms with Crippen molar-refractivity contribution in [1.82, 2.24) is 10.6 Å². The Kier molecular flexibility index (Phi) is 5.02. The fraction of sp³-hybridized carbons (Fsp3) is 0.231. The van der Waals surface area contributed by atoms with E-state index in [9.17, 15) is 14.0 Å². The SMILES string of the molecule is O=C(CNC(=O)c1ccccc1F)NCC1CC2c3ccccc3C1c1ccccc12. The minimum Gasteiger partial charge on any atom is -0.354 e. The fourth-order valence-corrected chi connectivity index (χ4v) is 5.17. The molecule has 31 heavy (non-hydrogen) atoms. The number of rotatable bonds is 5. The summed E-state index contributed by atoms with van der Waals surface area (Å²) in [6, 6.07) is 22.9. The number of hydrogen-bond donors (Lipinski definition) is 2. The average Bonchev–Trinajstić information content (AvgIpc) is 2.81. The van der Waals surface area contributed by atoms with Crippen LogP contribution in [0.15, 0.2) is 72.8 Å². The van der Waals surface area contributed by atoms with E-state index in [-0.39, 0.29) is 23.9 Å². The van der Waals surface area contributed by atoms with Crippen LogP contribution < -0.4 is 10.6 Å². The van der Waals surface area contributed by atoms with E-state index >= 15 is 0 Å². The number of carbonyl (C=O) groups excluding carboxylic acids is 2. The lowest BCUT2D eigenvalue weighted by atomic mass is 9.59. The molecule has 2 N–H and O–H groups in total. The third kappa shape index (κ3) is 3.50. The molecule has 0 saturated heterocycles. The molecule has 0 aliphatic heterocycles. The van der Waals surface area contributed by atoms with Crippen LogP contribution >= 0.6 is 0 Å². The second kappa shape index (κ2) is 7.99.